The summed E-state index contributed by atoms with van der Waals surface area (Å²) in [6.45, 7) is 5.72. The number of nitrogens with one attached hydrogen (secondary N) is 1. The molecule has 0 fully saturated rings. The average Bonchev–Trinajstić information content (AvgIpc) is 2.88. The number of rotatable bonds is 4. The van der Waals surface area contributed by atoms with Crippen molar-refractivity contribution in [3.8, 4) is 0 Å². The molecule has 3 nitrogen and oxygen atoms in total. The van der Waals surface area contributed by atoms with Crippen LogP contribution in [0, 0.1) is 0 Å². The number of thiophene rings is 1. The first-order chi connectivity index (χ1) is 9.47. The molecule has 4 heteroatoms. The van der Waals surface area contributed by atoms with Gasteiger partial charge in [0.1, 0.15) is 0 Å². The number of hydrogen-bond acceptors (Lipinski definition) is 3. The van der Waals surface area contributed by atoms with Crippen molar-refractivity contribution in [2.75, 3.05) is 5.32 Å². The molecule has 0 unspecified atom stereocenters. The smallest absolute Gasteiger partial charge is 0.265 e. The number of carbonyl (C=O) groups is 2. The second-order valence-electron chi connectivity index (χ2n) is 4.95. The van der Waals surface area contributed by atoms with Gasteiger partial charge in [-0.3, -0.25) is 9.59 Å². The zero-order valence-electron chi connectivity index (χ0n) is 11.8. The van der Waals surface area contributed by atoms with Gasteiger partial charge in [0.25, 0.3) is 5.91 Å². The molecule has 104 valence electrons. The first kappa shape index (κ1) is 14.5. The lowest BCUT2D eigenvalue weighted by molar-refractivity contribution is 0.101. The summed E-state index contributed by atoms with van der Waals surface area (Å²) in [6.07, 6.45) is 0. The van der Waals surface area contributed by atoms with Crippen LogP contribution >= 0.6 is 11.3 Å². The molecule has 2 rings (SSSR count). The summed E-state index contributed by atoms with van der Waals surface area (Å²) in [4.78, 5) is 24.5. The minimum Gasteiger partial charge on any atom is -0.321 e. The van der Waals surface area contributed by atoms with Crippen molar-refractivity contribution in [1.82, 2.24) is 0 Å². The molecule has 0 spiro atoms. The Balaban J connectivity index is 2.14. The Hall–Kier alpha value is -1.94. The number of anilines is 1. The van der Waals surface area contributed by atoms with Crippen molar-refractivity contribution >= 4 is 28.7 Å². The van der Waals surface area contributed by atoms with E-state index in [0.717, 1.165) is 5.69 Å². The largest absolute Gasteiger partial charge is 0.321 e. The van der Waals surface area contributed by atoms with Crippen LogP contribution in [-0.2, 0) is 0 Å². The first-order valence-corrected chi connectivity index (χ1v) is 7.31. The van der Waals surface area contributed by atoms with E-state index in [2.05, 4.69) is 19.2 Å². The molecule has 0 saturated heterocycles. The van der Waals surface area contributed by atoms with Gasteiger partial charge in [-0.2, -0.15) is 0 Å². The van der Waals surface area contributed by atoms with E-state index in [0.29, 0.717) is 15.7 Å². The van der Waals surface area contributed by atoms with E-state index in [4.69, 9.17) is 0 Å². The van der Waals surface area contributed by atoms with Gasteiger partial charge in [0.15, 0.2) is 5.78 Å². The Labute approximate surface area is 122 Å². The molecule has 1 amide bonds. The number of carbonyl (C=O) groups excluding carboxylic acids is 2. The lowest BCUT2D eigenvalue weighted by atomic mass is 10.0. The summed E-state index contributed by atoms with van der Waals surface area (Å²) in [5, 5.41) is 2.87. The van der Waals surface area contributed by atoms with Gasteiger partial charge in [0.2, 0.25) is 0 Å². The molecular formula is C16H17NO2S. The Bertz CT molecular complexity index is 643. The van der Waals surface area contributed by atoms with Crippen molar-refractivity contribution in [1.29, 1.82) is 0 Å². The Morgan fingerprint density at radius 3 is 2.40 bits per heavy atom. The molecule has 0 aliphatic rings. The number of hydrogen-bond donors (Lipinski definition) is 1. The molecule has 2 aromatic rings. The normalized spacial score (nSPS) is 10.6. The number of ketones is 1. The van der Waals surface area contributed by atoms with Crippen LogP contribution in [0.3, 0.4) is 0 Å². The van der Waals surface area contributed by atoms with Crippen LogP contribution in [-0.4, -0.2) is 11.7 Å². The van der Waals surface area contributed by atoms with Crippen molar-refractivity contribution in [3.05, 3.63) is 51.7 Å². The highest BCUT2D eigenvalue weighted by Gasteiger charge is 2.12. The fourth-order valence-corrected chi connectivity index (χ4v) is 2.61. The molecule has 1 N–H and O–H groups in total. The summed E-state index contributed by atoms with van der Waals surface area (Å²) >= 11 is 1.22. The van der Waals surface area contributed by atoms with Gasteiger partial charge in [-0.05, 0) is 42.7 Å². The highest BCUT2D eigenvalue weighted by molar-refractivity contribution is 7.16. The van der Waals surface area contributed by atoms with Crippen LogP contribution in [0.2, 0.25) is 0 Å². The lowest BCUT2D eigenvalue weighted by Gasteiger charge is -2.08. The highest BCUT2D eigenvalue weighted by atomic mass is 32.1. The van der Waals surface area contributed by atoms with Crippen LogP contribution in [0.25, 0.3) is 0 Å². The maximum Gasteiger partial charge on any atom is 0.265 e. The summed E-state index contributed by atoms with van der Waals surface area (Å²) in [5.74, 6) is 0.220. The number of amides is 1. The van der Waals surface area contributed by atoms with Crippen LogP contribution in [0.1, 0.15) is 51.6 Å². The summed E-state index contributed by atoms with van der Waals surface area (Å²) < 4.78 is 0. The summed E-state index contributed by atoms with van der Waals surface area (Å²) in [6, 6.07) is 11.2. The first-order valence-electron chi connectivity index (χ1n) is 6.49. The fourth-order valence-electron chi connectivity index (χ4n) is 1.82. The Kier molecular flexibility index (Phi) is 4.35. The van der Waals surface area contributed by atoms with Gasteiger partial charge >= 0.3 is 0 Å². The molecule has 0 atom stereocenters. The van der Waals surface area contributed by atoms with Crippen molar-refractivity contribution in [3.63, 3.8) is 0 Å². The van der Waals surface area contributed by atoms with Gasteiger partial charge < -0.3 is 5.32 Å². The maximum absolute atomic E-state index is 12.1. The topological polar surface area (TPSA) is 46.2 Å². The van der Waals surface area contributed by atoms with E-state index in [1.807, 2.05) is 24.3 Å². The van der Waals surface area contributed by atoms with Crippen LogP contribution in [0.5, 0.6) is 0 Å². The quantitative estimate of drug-likeness (QED) is 0.851. The number of benzene rings is 1. The van der Waals surface area contributed by atoms with Gasteiger partial charge in [-0.1, -0.05) is 26.0 Å². The molecule has 1 aromatic carbocycles. The van der Waals surface area contributed by atoms with Crippen LogP contribution in [0.4, 0.5) is 5.69 Å². The Morgan fingerprint density at radius 2 is 1.80 bits per heavy atom. The van der Waals surface area contributed by atoms with E-state index in [1.54, 1.807) is 12.1 Å². The zero-order valence-corrected chi connectivity index (χ0v) is 12.6. The van der Waals surface area contributed by atoms with Gasteiger partial charge in [0, 0.05) is 5.69 Å². The van der Waals surface area contributed by atoms with Crippen LogP contribution < -0.4 is 5.32 Å². The molecule has 0 aliphatic carbocycles. The van der Waals surface area contributed by atoms with E-state index >= 15 is 0 Å². The minimum atomic E-state index is -0.177. The van der Waals surface area contributed by atoms with Crippen molar-refractivity contribution in [2.24, 2.45) is 0 Å². The molecule has 0 radical (unpaired) electrons. The Morgan fingerprint density at radius 1 is 1.10 bits per heavy atom. The number of Topliss-reactive ketones (excluding diaryl/α,β-unsaturated/α-hetero) is 1. The van der Waals surface area contributed by atoms with Gasteiger partial charge in [0.05, 0.1) is 9.75 Å². The third-order valence-corrected chi connectivity index (χ3v) is 4.17. The second kappa shape index (κ2) is 6.01. The maximum atomic E-state index is 12.1. The predicted octanol–water partition coefficient (Wildman–Crippen LogP) is 4.33. The predicted molar refractivity (Wildman–Crippen MR) is 82.8 cm³/mol. The molecule has 1 aromatic heterocycles. The third-order valence-electron chi connectivity index (χ3n) is 2.99. The zero-order chi connectivity index (χ0) is 14.7. The van der Waals surface area contributed by atoms with E-state index < -0.39 is 0 Å². The molecule has 1 heterocycles. The van der Waals surface area contributed by atoms with E-state index in [-0.39, 0.29) is 11.7 Å². The fraction of sp³-hybridized carbons (Fsp3) is 0.250. The molecule has 0 saturated carbocycles. The van der Waals surface area contributed by atoms with Gasteiger partial charge in [-0.25, -0.2) is 0 Å². The SMILES string of the molecule is CC(=O)c1ccc(C(=O)Nc2cccc(C(C)C)c2)s1. The van der Waals surface area contributed by atoms with E-state index in [9.17, 15) is 9.59 Å². The third kappa shape index (κ3) is 3.33. The van der Waals surface area contributed by atoms with Crippen molar-refractivity contribution in [2.45, 2.75) is 26.7 Å². The monoisotopic (exact) mass is 287 g/mol. The van der Waals surface area contributed by atoms with E-state index in [1.165, 1.54) is 23.8 Å². The standard InChI is InChI=1S/C16H17NO2S/c1-10(2)12-5-4-6-13(9-12)17-16(19)15-8-7-14(20-15)11(3)18/h4-10H,1-3H3,(H,17,19). The molecule has 0 aliphatic heterocycles. The minimum absolute atomic E-state index is 0.0177. The van der Waals surface area contributed by atoms with Crippen molar-refractivity contribution < 1.29 is 9.59 Å². The molecule has 20 heavy (non-hydrogen) atoms. The summed E-state index contributed by atoms with van der Waals surface area (Å²) in [7, 11) is 0. The average molecular weight is 287 g/mol. The molecular weight excluding hydrogens is 270 g/mol. The lowest BCUT2D eigenvalue weighted by Crippen LogP contribution is -2.10. The van der Waals surface area contributed by atoms with Crippen LogP contribution in [0.15, 0.2) is 36.4 Å². The molecule has 0 bridgehead atoms. The highest BCUT2D eigenvalue weighted by Crippen LogP contribution is 2.21. The van der Waals surface area contributed by atoms with Gasteiger partial charge in [-0.15, -0.1) is 11.3 Å². The second-order valence-corrected chi connectivity index (χ2v) is 6.04. The summed E-state index contributed by atoms with van der Waals surface area (Å²) in [5.41, 5.74) is 1.96.